The van der Waals surface area contributed by atoms with Crippen molar-refractivity contribution in [1.29, 1.82) is 0 Å². The summed E-state index contributed by atoms with van der Waals surface area (Å²) in [6, 6.07) is 14.3. The van der Waals surface area contributed by atoms with Crippen molar-refractivity contribution in [3.8, 4) is 17.2 Å². The molecule has 0 aliphatic carbocycles. The van der Waals surface area contributed by atoms with Gasteiger partial charge in [0.05, 0.1) is 14.2 Å². The van der Waals surface area contributed by atoms with Crippen LogP contribution in [0.2, 0.25) is 18.1 Å². The Hall–Kier alpha value is -2.38. The Morgan fingerprint density at radius 3 is 2.25 bits per heavy atom. The predicted molar refractivity (Wildman–Crippen MR) is 134 cm³/mol. The van der Waals surface area contributed by atoms with Crippen molar-refractivity contribution >= 4 is 20.1 Å². The second-order valence-electron chi connectivity index (χ2n) is 9.33. The first-order valence-corrected chi connectivity index (χ1v) is 14.5. The number of hydrogen-bond acceptors (Lipinski definition) is 5. The first-order chi connectivity index (χ1) is 15.1. The summed E-state index contributed by atoms with van der Waals surface area (Å²) in [5.74, 6) is 2.10. The van der Waals surface area contributed by atoms with E-state index in [4.69, 9.17) is 13.9 Å². The number of aromatic nitrogens is 2. The fourth-order valence-corrected chi connectivity index (χ4v) is 4.98. The second-order valence-corrected chi connectivity index (χ2v) is 15.1. The van der Waals surface area contributed by atoms with Crippen molar-refractivity contribution in [3.05, 3.63) is 59.9 Å². The third-order valence-electron chi connectivity index (χ3n) is 6.11. The van der Waals surface area contributed by atoms with Crippen molar-refractivity contribution in [2.75, 3.05) is 14.2 Å². The summed E-state index contributed by atoms with van der Waals surface area (Å²) in [5.41, 5.74) is 2.17. The molecule has 0 saturated carbocycles. The van der Waals surface area contributed by atoms with Crippen LogP contribution in [0.25, 0.3) is 0 Å². The smallest absolute Gasteiger partial charge is 0.250 e. The lowest BCUT2D eigenvalue weighted by Crippen LogP contribution is -2.44. The van der Waals surface area contributed by atoms with E-state index in [1.54, 1.807) is 26.0 Å². The molecule has 0 radical (unpaired) electrons. The summed E-state index contributed by atoms with van der Waals surface area (Å²) < 4.78 is 20.2. The van der Waals surface area contributed by atoms with E-state index in [1.807, 2.05) is 30.5 Å². The SMILES string of the molecule is COc1ccc(Cc2cnc(Sc3ccccc3)n2C)c(O[Si](C)(C)C(C)(C)C)c1OC. The zero-order chi connectivity index (χ0) is 23.5. The van der Waals surface area contributed by atoms with Crippen molar-refractivity contribution in [2.24, 2.45) is 7.05 Å². The summed E-state index contributed by atoms with van der Waals surface area (Å²) in [6.45, 7) is 11.2. The Balaban J connectivity index is 1.98. The Labute approximate surface area is 197 Å². The van der Waals surface area contributed by atoms with Crippen LogP contribution in [0, 0.1) is 0 Å². The minimum atomic E-state index is -2.10. The molecule has 1 aromatic heterocycles. The summed E-state index contributed by atoms with van der Waals surface area (Å²) in [4.78, 5) is 5.83. The largest absolute Gasteiger partial charge is 0.541 e. The molecule has 1 heterocycles. The van der Waals surface area contributed by atoms with Crippen molar-refractivity contribution in [3.63, 3.8) is 0 Å². The van der Waals surface area contributed by atoms with Crippen LogP contribution < -0.4 is 13.9 Å². The molecular formula is C25H34N2O3SSi. The summed E-state index contributed by atoms with van der Waals surface area (Å²) in [6.07, 6.45) is 2.63. The third kappa shape index (κ3) is 5.15. The van der Waals surface area contributed by atoms with E-state index >= 15 is 0 Å². The maximum atomic E-state index is 6.78. The molecule has 2 aromatic carbocycles. The van der Waals surface area contributed by atoms with Crippen molar-refractivity contribution in [1.82, 2.24) is 9.55 Å². The lowest BCUT2D eigenvalue weighted by molar-refractivity contribution is 0.339. The topological polar surface area (TPSA) is 45.5 Å². The van der Waals surface area contributed by atoms with E-state index in [-0.39, 0.29) is 5.04 Å². The van der Waals surface area contributed by atoms with E-state index in [0.29, 0.717) is 17.9 Å². The third-order valence-corrected chi connectivity index (χ3v) is 11.5. The maximum Gasteiger partial charge on any atom is 0.250 e. The zero-order valence-corrected chi connectivity index (χ0v) is 22.2. The average Bonchev–Trinajstić information content (AvgIpc) is 3.08. The van der Waals surface area contributed by atoms with Gasteiger partial charge in [0.15, 0.2) is 16.7 Å². The molecule has 0 saturated heterocycles. The highest BCUT2D eigenvalue weighted by molar-refractivity contribution is 7.99. The van der Waals surface area contributed by atoms with Crippen LogP contribution >= 0.6 is 11.8 Å². The van der Waals surface area contributed by atoms with Gasteiger partial charge in [-0.3, -0.25) is 0 Å². The number of ether oxygens (including phenoxy) is 2. The predicted octanol–water partition coefficient (Wildman–Crippen LogP) is 6.56. The molecule has 0 spiro atoms. The van der Waals surface area contributed by atoms with E-state index in [2.05, 4.69) is 68.7 Å². The maximum absolute atomic E-state index is 6.78. The van der Waals surface area contributed by atoms with Gasteiger partial charge in [-0.1, -0.05) is 56.8 Å². The number of hydrogen-bond donors (Lipinski definition) is 0. The van der Waals surface area contributed by atoms with E-state index < -0.39 is 8.32 Å². The molecule has 3 aromatic rings. The Kier molecular flexibility index (Phi) is 7.30. The fraction of sp³-hybridized carbons (Fsp3) is 0.400. The van der Waals surface area contributed by atoms with Crippen LogP contribution in [0.3, 0.4) is 0 Å². The monoisotopic (exact) mass is 470 g/mol. The van der Waals surface area contributed by atoms with Crippen LogP contribution in [-0.4, -0.2) is 32.1 Å². The molecule has 0 N–H and O–H groups in total. The molecule has 5 nitrogen and oxygen atoms in total. The quantitative estimate of drug-likeness (QED) is 0.349. The van der Waals surface area contributed by atoms with E-state index in [1.165, 1.54) is 4.90 Å². The first kappa shape index (κ1) is 24.3. The van der Waals surface area contributed by atoms with Crippen LogP contribution in [0.4, 0.5) is 0 Å². The van der Waals surface area contributed by atoms with Gasteiger partial charge in [-0.05, 0) is 36.3 Å². The summed E-state index contributed by atoms with van der Waals surface area (Å²) >= 11 is 1.66. The highest BCUT2D eigenvalue weighted by Gasteiger charge is 2.40. The van der Waals surface area contributed by atoms with Gasteiger partial charge in [-0.15, -0.1) is 0 Å². The van der Waals surface area contributed by atoms with Gasteiger partial charge < -0.3 is 18.5 Å². The molecule has 0 amide bonds. The molecule has 32 heavy (non-hydrogen) atoms. The number of benzene rings is 2. The number of nitrogens with zero attached hydrogens (tertiary/aromatic N) is 2. The number of methoxy groups -OCH3 is 2. The fourth-order valence-electron chi connectivity index (χ4n) is 3.07. The normalized spacial score (nSPS) is 12.0. The highest BCUT2D eigenvalue weighted by atomic mass is 32.2. The van der Waals surface area contributed by atoms with Gasteiger partial charge in [0, 0.05) is 35.8 Å². The standard InChI is InChI=1S/C25H34N2O3SSi/c1-25(2,3)32(7,8)30-22-18(14-15-21(28-5)23(22)29-6)16-19-17-26-24(27(19)4)31-20-12-10-9-11-13-20/h9-15,17H,16H2,1-8H3. The highest BCUT2D eigenvalue weighted by Crippen LogP contribution is 2.45. The molecule has 0 atom stereocenters. The zero-order valence-electron chi connectivity index (χ0n) is 20.4. The van der Waals surface area contributed by atoms with Gasteiger partial charge in [0.2, 0.25) is 5.75 Å². The van der Waals surface area contributed by atoms with Gasteiger partial charge >= 0.3 is 0 Å². The van der Waals surface area contributed by atoms with E-state index in [0.717, 1.165) is 22.2 Å². The van der Waals surface area contributed by atoms with Crippen LogP contribution in [0.1, 0.15) is 32.0 Å². The Bertz CT molecular complexity index is 1060. The second kappa shape index (κ2) is 9.63. The average molecular weight is 471 g/mol. The van der Waals surface area contributed by atoms with Crippen molar-refractivity contribution < 1.29 is 13.9 Å². The lowest BCUT2D eigenvalue weighted by atomic mass is 10.1. The van der Waals surface area contributed by atoms with Crippen LogP contribution in [-0.2, 0) is 13.5 Å². The first-order valence-electron chi connectivity index (χ1n) is 10.7. The Morgan fingerprint density at radius 2 is 1.66 bits per heavy atom. The number of rotatable bonds is 8. The molecular weight excluding hydrogens is 436 g/mol. The van der Waals surface area contributed by atoms with Gasteiger partial charge in [0.25, 0.3) is 8.32 Å². The van der Waals surface area contributed by atoms with Crippen LogP contribution in [0.5, 0.6) is 17.2 Å². The van der Waals surface area contributed by atoms with E-state index in [9.17, 15) is 0 Å². The van der Waals surface area contributed by atoms with Crippen LogP contribution in [0.15, 0.2) is 58.7 Å². The summed E-state index contributed by atoms with van der Waals surface area (Å²) in [7, 11) is 3.28. The molecule has 0 bridgehead atoms. The van der Waals surface area contributed by atoms with Gasteiger partial charge in [-0.25, -0.2) is 4.98 Å². The Morgan fingerprint density at radius 1 is 0.969 bits per heavy atom. The molecule has 3 rings (SSSR count). The molecule has 0 aliphatic rings. The molecule has 172 valence electrons. The molecule has 0 fully saturated rings. The van der Waals surface area contributed by atoms with Gasteiger partial charge in [-0.2, -0.15) is 0 Å². The lowest BCUT2D eigenvalue weighted by Gasteiger charge is -2.37. The molecule has 0 aliphatic heterocycles. The molecule has 0 unspecified atom stereocenters. The van der Waals surface area contributed by atoms with Gasteiger partial charge in [0.1, 0.15) is 0 Å². The van der Waals surface area contributed by atoms with Crippen molar-refractivity contribution in [2.45, 2.75) is 55.4 Å². The minimum absolute atomic E-state index is 0.0599. The molecule has 7 heteroatoms. The summed E-state index contributed by atoms with van der Waals surface area (Å²) in [5, 5.41) is 1.02. The minimum Gasteiger partial charge on any atom is -0.541 e. The number of imidazole rings is 1.